The Bertz CT molecular complexity index is 1230. The highest BCUT2D eigenvalue weighted by Gasteiger charge is 2.18. The molecule has 38 heavy (non-hydrogen) atoms. The predicted octanol–water partition coefficient (Wildman–Crippen LogP) is 4.59. The van der Waals surface area contributed by atoms with Gasteiger partial charge in [0.15, 0.2) is 23.0 Å². The molecule has 1 saturated carbocycles. The van der Waals surface area contributed by atoms with Crippen LogP contribution < -0.4 is 39.6 Å². The largest absolute Gasteiger partial charge is 0.493 e. The van der Waals surface area contributed by atoms with E-state index in [2.05, 4.69) is 30.9 Å². The van der Waals surface area contributed by atoms with Crippen LogP contribution in [0, 0.1) is 0 Å². The molecule has 3 aromatic rings. The van der Waals surface area contributed by atoms with Gasteiger partial charge in [0, 0.05) is 19.1 Å². The van der Waals surface area contributed by atoms with Crippen LogP contribution in [0.1, 0.15) is 43.2 Å². The number of anilines is 3. The van der Waals surface area contributed by atoms with E-state index in [0.29, 0.717) is 54.2 Å². The first-order chi connectivity index (χ1) is 18.6. The SMILES string of the molecule is COc1cc(CNc2nc(NCc3ccc4c(c3)OCO4)nc(NC3CCCCC3)n2)cc(OC)c1OC. The first kappa shape index (κ1) is 25.5. The zero-order valence-corrected chi connectivity index (χ0v) is 22.0. The first-order valence-electron chi connectivity index (χ1n) is 12.8. The molecule has 5 rings (SSSR count). The lowest BCUT2D eigenvalue weighted by atomic mass is 9.96. The van der Waals surface area contributed by atoms with Crippen molar-refractivity contribution in [2.24, 2.45) is 0 Å². The van der Waals surface area contributed by atoms with Crippen molar-refractivity contribution in [3.05, 3.63) is 41.5 Å². The Balaban J connectivity index is 1.33. The first-order valence-corrected chi connectivity index (χ1v) is 12.8. The highest BCUT2D eigenvalue weighted by molar-refractivity contribution is 5.54. The van der Waals surface area contributed by atoms with Gasteiger partial charge in [0.25, 0.3) is 0 Å². The number of hydrogen-bond donors (Lipinski definition) is 3. The maximum atomic E-state index is 5.50. The van der Waals surface area contributed by atoms with E-state index in [-0.39, 0.29) is 6.79 Å². The minimum Gasteiger partial charge on any atom is -0.493 e. The van der Waals surface area contributed by atoms with Crippen molar-refractivity contribution in [1.29, 1.82) is 0 Å². The number of fused-ring (bicyclic) bond motifs is 1. The predicted molar refractivity (Wildman–Crippen MR) is 144 cm³/mol. The van der Waals surface area contributed by atoms with Gasteiger partial charge in [-0.2, -0.15) is 15.0 Å². The third-order valence-electron chi connectivity index (χ3n) is 6.64. The second-order valence-corrected chi connectivity index (χ2v) is 9.21. The summed E-state index contributed by atoms with van der Waals surface area (Å²) >= 11 is 0. The number of methoxy groups -OCH3 is 3. The molecule has 2 heterocycles. The van der Waals surface area contributed by atoms with Crippen molar-refractivity contribution in [1.82, 2.24) is 15.0 Å². The molecule has 1 fully saturated rings. The zero-order chi connectivity index (χ0) is 26.3. The molecule has 0 bridgehead atoms. The van der Waals surface area contributed by atoms with E-state index in [9.17, 15) is 0 Å². The van der Waals surface area contributed by atoms with Gasteiger partial charge in [-0.15, -0.1) is 0 Å². The summed E-state index contributed by atoms with van der Waals surface area (Å²) in [6.07, 6.45) is 5.92. The molecule has 11 heteroatoms. The minimum absolute atomic E-state index is 0.247. The van der Waals surface area contributed by atoms with Crippen molar-refractivity contribution in [3.63, 3.8) is 0 Å². The minimum atomic E-state index is 0.247. The van der Waals surface area contributed by atoms with Crippen LogP contribution in [0.3, 0.4) is 0 Å². The molecule has 0 atom stereocenters. The summed E-state index contributed by atoms with van der Waals surface area (Å²) in [4.78, 5) is 13.9. The Labute approximate surface area is 222 Å². The van der Waals surface area contributed by atoms with E-state index < -0.39 is 0 Å². The quantitative estimate of drug-likeness (QED) is 0.328. The maximum absolute atomic E-state index is 5.50. The van der Waals surface area contributed by atoms with Crippen LogP contribution in [0.15, 0.2) is 30.3 Å². The summed E-state index contributed by atoms with van der Waals surface area (Å²) in [7, 11) is 4.78. The third-order valence-corrected chi connectivity index (χ3v) is 6.64. The second-order valence-electron chi connectivity index (χ2n) is 9.21. The number of rotatable bonds is 11. The Morgan fingerprint density at radius 1 is 0.737 bits per heavy atom. The Kier molecular flexibility index (Phi) is 8.01. The van der Waals surface area contributed by atoms with E-state index in [0.717, 1.165) is 35.5 Å². The molecule has 0 saturated heterocycles. The average Bonchev–Trinajstić information content (AvgIpc) is 3.43. The van der Waals surface area contributed by atoms with Gasteiger partial charge in [-0.05, 0) is 48.2 Å². The van der Waals surface area contributed by atoms with Crippen molar-refractivity contribution >= 4 is 17.8 Å². The molecule has 11 nitrogen and oxygen atoms in total. The number of benzene rings is 2. The van der Waals surface area contributed by atoms with E-state index >= 15 is 0 Å². The summed E-state index contributed by atoms with van der Waals surface area (Å²) in [5, 5.41) is 10.2. The molecule has 0 spiro atoms. The lowest BCUT2D eigenvalue weighted by Crippen LogP contribution is -2.24. The van der Waals surface area contributed by atoms with Crippen LogP contribution in [0.5, 0.6) is 28.7 Å². The molecular weight excluding hydrogens is 488 g/mol. The molecule has 202 valence electrons. The van der Waals surface area contributed by atoms with Crippen LogP contribution in [0.2, 0.25) is 0 Å². The van der Waals surface area contributed by atoms with Crippen LogP contribution in [-0.2, 0) is 13.1 Å². The van der Waals surface area contributed by atoms with E-state index in [1.807, 2.05) is 30.3 Å². The second kappa shape index (κ2) is 11.9. The van der Waals surface area contributed by atoms with E-state index in [1.54, 1.807) is 21.3 Å². The molecule has 0 amide bonds. The molecule has 2 aliphatic rings. The maximum Gasteiger partial charge on any atom is 0.231 e. The van der Waals surface area contributed by atoms with Gasteiger partial charge in [-0.1, -0.05) is 25.3 Å². The fourth-order valence-corrected chi connectivity index (χ4v) is 4.68. The zero-order valence-electron chi connectivity index (χ0n) is 22.0. The average molecular weight is 523 g/mol. The third kappa shape index (κ3) is 6.04. The van der Waals surface area contributed by atoms with E-state index in [4.69, 9.17) is 23.7 Å². The number of hydrogen-bond acceptors (Lipinski definition) is 11. The van der Waals surface area contributed by atoms with Crippen LogP contribution >= 0.6 is 0 Å². The van der Waals surface area contributed by atoms with Gasteiger partial charge in [-0.3, -0.25) is 0 Å². The molecule has 1 aliphatic heterocycles. The van der Waals surface area contributed by atoms with Gasteiger partial charge in [0.1, 0.15) is 0 Å². The smallest absolute Gasteiger partial charge is 0.231 e. The molecule has 1 aromatic heterocycles. The van der Waals surface area contributed by atoms with Crippen LogP contribution in [0.4, 0.5) is 17.8 Å². The van der Waals surface area contributed by atoms with Crippen LogP contribution in [-0.4, -0.2) is 49.1 Å². The standard InChI is InChI=1S/C27H34N6O5/c1-34-22-12-18(13-23(35-2)24(22)36-3)15-29-26-31-25(32-27(33-26)30-19-7-5-4-6-8-19)28-14-17-9-10-20-21(11-17)38-16-37-20/h9-13,19H,4-8,14-16H2,1-3H3,(H3,28,29,30,31,32,33). The number of ether oxygens (including phenoxy) is 5. The normalized spacial score (nSPS) is 14.6. The lowest BCUT2D eigenvalue weighted by molar-refractivity contribution is 0.174. The Morgan fingerprint density at radius 3 is 2.03 bits per heavy atom. The van der Waals surface area contributed by atoms with Gasteiger partial charge in [-0.25, -0.2) is 0 Å². The number of aromatic nitrogens is 3. The summed E-state index contributed by atoms with van der Waals surface area (Å²) in [6, 6.07) is 10.0. The number of nitrogens with one attached hydrogen (secondary N) is 3. The van der Waals surface area contributed by atoms with Crippen molar-refractivity contribution in [3.8, 4) is 28.7 Å². The monoisotopic (exact) mass is 522 g/mol. The highest BCUT2D eigenvalue weighted by atomic mass is 16.7. The summed E-state index contributed by atoms with van der Waals surface area (Å²) in [5.41, 5.74) is 1.96. The van der Waals surface area contributed by atoms with Crippen molar-refractivity contribution < 1.29 is 23.7 Å². The van der Waals surface area contributed by atoms with E-state index in [1.165, 1.54) is 19.3 Å². The number of nitrogens with zero attached hydrogens (tertiary/aromatic N) is 3. The van der Waals surface area contributed by atoms with Crippen molar-refractivity contribution in [2.75, 3.05) is 44.1 Å². The fraction of sp³-hybridized carbons (Fsp3) is 0.444. The van der Waals surface area contributed by atoms with Gasteiger partial charge in [0.2, 0.25) is 30.4 Å². The molecule has 2 aromatic carbocycles. The Hall–Kier alpha value is -4.15. The lowest BCUT2D eigenvalue weighted by Gasteiger charge is -2.23. The van der Waals surface area contributed by atoms with Gasteiger partial charge < -0.3 is 39.6 Å². The molecular formula is C27H34N6O5. The highest BCUT2D eigenvalue weighted by Crippen LogP contribution is 2.38. The topological polar surface area (TPSA) is 121 Å². The molecule has 3 N–H and O–H groups in total. The fourth-order valence-electron chi connectivity index (χ4n) is 4.68. The molecule has 1 aliphatic carbocycles. The van der Waals surface area contributed by atoms with Crippen molar-refractivity contribution in [2.45, 2.75) is 51.2 Å². The van der Waals surface area contributed by atoms with Crippen LogP contribution in [0.25, 0.3) is 0 Å². The molecule has 0 unspecified atom stereocenters. The summed E-state index contributed by atoms with van der Waals surface area (Å²) in [6.45, 7) is 1.22. The molecule has 0 radical (unpaired) electrons. The summed E-state index contributed by atoms with van der Waals surface area (Å²) in [5.74, 6) is 4.71. The van der Waals surface area contributed by atoms with Gasteiger partial charge >= 0.3 is 0 Å². The summed E-state index contributed by atoms with van der Waals surface area (Å²) < 4.78 is 27.3. The van der Waals surface area contributed by atoms with Gasteiger partial charge in [0.05, 0.1) is 21.3 Å². The Morgan fingerprint density at radius 2 is 1.37 bits per heavy atom.